The number of para-hydroxylation sites is 1. The number of nitrogens with zero attached hydrogens (tertiary/aromatic N) is 2. The predicted octanol–water partition coefficient (Wildman–Crippen LogP) is 4.86. The Hall–Kier alpha value is -3.08. The second-order valence-electron chi connectivity index (χ2n) is 7.63. The molecule has 2 heterocycles. The normalized spacial score (nSPS) is 14.1. The van der Waals surface area contributed by atoms with E-state index in [-0.39, 0.29) is 12.5 Å². The van der Waals surface area contributed by atoms with Crippen LogP contribution in [0.2, 0.25) is 0 Å². The lowest BCUT2D eigenvalue weighted by Crippen LogP contribution is -2.30. The minimum atomic E-state index is -0.178. The van der Waals surface area contributed by atoms with E-state index in [0.717, 1.165) is 46.6 Å². The van der Waals surface area contributed by atoms with Crippen LogP contribution in [0.3, 0.4) is 0 Å². The number of aryl methyl sites for hydroxylation is 1. The average Bonchev–Trinajstić information content (AvgIpc) is 2.76. The molecule has 1 aromatic heterocycles. The van der Waals surface area contributed by atoms with Crippen molar-refractivity contribution in [2.45, 2.75) is 33.1 Å². The summed E-state index contributed by atoms with van der Waals surface area (Å²) in [5.74, 6) is 1.44. The van der Waals surface area contributed by atoms with Crippen molar-refractivity contribution in [2.75, 3.05) is 29.9 Å². The van der Waals surface area contributed by atoms with E-state index in [0.29, 0.717) is 5.75 Å². The first-order valence-electron chi connectivity index (χ1n) is 10.3. The van der Waals surface area contributed by atoms with Crippen molar-refractivity contribution >= 4 is 28.3 Å². The van der Waals surface area contributed by atoms with Gasteiger partial charge in [-0.2, -0.15) is 0 Å². The van der Waals surface area contributed by atoms with Crippen LogP contribution in [-0.2, 0) is 4.79 Å². The van der Waals surface area contributed by atoms with Crippen LogP contribution in [0.4, 0.5) is 11.5 Å². The number of carbonyl (C=O) groups is 1. The molecule has 1 aliphatic heterocycles. The number of aromatic nitrogens is 1. The zero-order chi connectivity index (χ0) is 20.2. The highest BCUT2D eigenvalue weighted by atomic mass is 16.5. The lowest BCUT2D eigenvalue weighted by molar-refractivity contribution is -0.118. The SMILES string of the molecule is Cc1cccc(NC(=O)COc2cccc3ccc(N4CCCCC4)nc23)c1C. The van der Waals surface area contributed by atoms with Gasteiger partial charge in [0.15, 0.2) is 6.61 Å². The molecule has 1 N–H and O–H groups in total. The smallest absolute Gasteiger partial charge is 0.262 e. The second-order valence-corrected chi connectivity index (χ2v) is 7.63. The minimum Gasteiger partial charge on any atom is -0.481 e. The second kappa shape index (κ2) is 8.52. The van der Waals surface area contributed by atoms with E-state index < -0.39 is 0 Å². The fourth-order valence-electron chi connectivity index (χ4n) is 3.74. The number of hydrogen-bond acceptors (Lipinski definition) is 4. The zero-order valence-electron chi connectivity index (χ0n) is 17.1. The van der Waals surface area contributed by atoms with Crippen molar-refractivity contribution in [3.63, 3.8) is 0 Å². The summed E-state index contributed by atoms with van der Waals surface area (Å²) in [4.78, 5) is 19.6. The number of piperidine rings is 1. The van der Waals surface area contributed by atoms with Crippen LogP contribution in [0.15, 0.2) is 48.5 Å². The van der Waals surface area contributed by atoms with Gasteiger partial charge in [0.1, 0.15) is 17.1 Å². The molecular weight excluding hydrogens is 362 g/mol. The lowest BCUT2D eigenvalue weighted by Gasteiger charge is -2.28. The van der Waals surface area contributed by atoms with Crippen molar-refractivity contribution in [1.29, 1.82) is 0 Å². The molecule has 1 saturated heterocycles. The van der Waals surface area contributed by atoms with E-state index >= 15 is 0 Å². The molecular formula is C24H27N3O2. The molecule has 0 spiro atoms. The Balaban J connectivity index is 1.49. The van der Waals surface area contributed by atoms with Crippen molar-refractivity contribution in [1.82, 2.24) is 4.98 Å². The maximum atomic E-state index is 12.4. The maximum Gasteiger partial charge on any atom is 0.262 e. The van der Waals surface area contributed by atoms with Gasteiger partial charge in [-0.3, -0.25) is 4.79 Å². The molecule has 5 nitrogen and oxygen atoms in total. The number of ether oxygens (including phenoxy) is 1. The molecule has 0 bridgehead atoms. The van der Waals surface area contributed by atoms with Gasteiger partial charge >= 0.3 is 0 Å². The Morgan fingerprint density at radius 2 is 1.83 bits per heavy atom. The molecule has 0 atom stereocenters. The number of rotatable bonds is 5. The third kappa shape index (κ3) is 4.34. The quantitative estimate of drug-likeness (QED) is 0.677. The van der Waals surface area contributed by atoms with E-state index in [1.54, 1.807) is 0 Å². The number of amides is 1. The lowest BCUT2D eigenvalue weighted by atomic mass is 10.1. The molecule has 29 heavy (non-hydrogen) atoms. The van der Waals surface area contributed by atoms with E-state index in [9.17, 15) is 4.79 Å². The summed E-state index contributed by atoms with van der Waals surface area (Å²) in [7, 11) is 0. The van der Waals surface area contributed by atoms with Gasteiger partial charge in [-0.15, -0.1) is 0 Å². The topological polar surface area (TPSA) is 54.5 Å². The van der Waals surface area contributed by atoms with E-state index in [1.165, 1.54) is 19.3 Å². The number of fused-ring (bicyclic) bond motifs is 1. The van der Waals surface area contributed by atoms with Gasteiger partial charge in [-0.05, 0) is 68.5 Å². The summed E-state index contributed by atoms with van der Waals surface area (Å²) in [5.41, 5.74) is 3.84. The largest absolute Gasteiger partial charge is 0.481 e. The Morgan fingerprint density at radius 1 is 1.03 bits per heavy atom. The van der Waals surface area contributed by atoms with Crippen LogP contribution in [0.1, 0.15) is 30.4 Å². The van der Waals surface area contributed by atoms with Gasteiger partial charge in [0.2, 0.25) is 0 Å². The average molecular weight is 389 g/mol. The van der Waals surface area contributed by atoms with Crippen LogP contribution < -0.4 is 15.0 Å². The number of benzene rings is 2. The highest BCUT2D eigenvalue weighted by molar-refractivity contribution is 5.93. The summed E-state index contributed by atoms with van der Waals surface area (Å²) in [6.07, 6.45) is 3.70. The van der Waals surface area contributed by atoms with E-state index in [1.807, 2.05) is 50.2 Å². The van der Waals surface area contributed by atoms with Crippen LogP contribution in [0, 0.1) is 13.8 Å². The van der Waals surface area contributed by atoms with E-state index in [2.05, 4.69) is 22.3 Å². The molecule has 1 fully saturated rings. The fraction of sp³-hybridized carbons (Fsp3) is 0.333. The zero-order valence-corrected chi connectivity index (χ0v) is 17.1. The van der Waals surface area contributed by atoms with Gasteiger partial charge in [-0.25, -0.2) is 4.98 Å². The Kier molecular flexibility index (Phi) is 5.65. The van der Waals surface area contributed by atoms with Crippen molar-refractivity contribution in [3.05, 3.63) is 59.7 Å². The highest BCUT2D eigenvalue weighted by Crippen LogP contribution is 2.28. The number of carbonyl (C=O) groups excluding carboxylic acids is 1. The third-order valence-electron chi connectivity index (χ3n) is 5.59. The third-order valence-corrected chi connectivity index (χ3v) is 5.59. The van der Waals surface area contributed by atoms with Gasteiger partial charge in [0, 0.05) is 24.2 Å². The summed E-state index contributed by atoms with van der Waals surface area (Å²) in [5, 5.41) is 3.95. The van der Waals surface area contributed by atoms with Gasteiger partial charge < -0.3 is 15.0 Å². The number of pyridine rings is 1. The first-order chi connectivity index (χ1) is 14.1. The summed E-state index contributed by atoms with van der Waals surface area (Å²) in [6, 6.07) is 15.9. The van der Waals surface area contributed by atoms with Crippen LogP contribution in [0.5, 0.6) is 5.75 Å². The fourth-order valence-corrected chi connectivity index (χ4v) is 3.74. The summed E-state index contributed by atoms with van der Waals surface area (Å²) >= 11 is 0. The van der Waals surface area contributed by atoms with Crippen molar-refractivity contribution in [2.24, 2.45) is 0 Å². The van der Waals surface area contributed by atoms with Crippen LogP contribution in [-0.4, -0.2) is 30.6 Å². The van der Waals surface area contributed by atoms with Crippen molar-refractivity contribution < 1.29 is 9.53 Å². The standard InChI is InChI=1S/C24H27N3O2/c1-17-8-6-10-20(18(17)2)25-23(28)16-29-21-11-7-9-19-12-13-22(26-24(19)21)27-14-4-3-5-15-27/h6-13H,3-5,14-16H2,1-2H3,(H,25,28). The molecule has 0 aliphatic carbocycles. The van der Waals surface area contributed by atoms with Gasteiger partial charge in [0.05, 0.1) is 0 Å². The first kappa shape index (κ1) is 19.2. The minimum absolute atomic E-state index is 0.0535. The molecule has 0 radical (unpaired) electrons. The molecule has 2 aromatic carbocycles. The monoisotopic (exact) mass is 389 g/mol. The highest BCUT2D eigenvalue weighted by Gasteiger charge is 2.14. The summed E-state index contributed by atoms with van der Waals surface area (Å²) < 4.78 is 5.87. The Morgan fingerprint density at radius 3 is 2.66 bits per heavy atom. The van der Waals surface area contributed by atoms with Gasteiger partial charge in [0.25, 0.3) is 5.91 Å². The Bertz CT molecular complexity index is 1030. The molecule has 3 aromatic rings. The molecule has 1 aliphatic rings. The van der Waals surface area contributed by atoms with Crippen molar-refractivity contribution in [3.8, 4) is 5.75 Å². The number of nitrogens with one attached hydrogen (secondary N) is 1. The number of anilines is 2. The molecule has 4 rings (SSSR count). The van der Waals surface area contributed by atoms with E-state index in [4.69, 9.17) is 9.72 Å². The number of hydrogen-bond donors (Lipinski definition) is 1. The molecule has 1 amide bonds. The molecule has 0 unspecified atom stereocenters. The molecule has 0 saturated carbocycles. The molecule has 5 heteroatoms. The van der Waals surface area contributed by atoms with Gasteiger partial charge in [-0.1, -0.05) is 24.3 Å². The summed E-state index contributed by atoms with van der Waals surface area (Å²) in [6.45, 7) is 6.06. The molecule has 150 valence electrons. The van der Waals surface area contributed by atoms with Crippen LogP contribution in [0.25, 0.3) is 10.9 Å². The van der Waals surface area contributed by atoms with Crippen LogP contribution >= 0.6 is 0 Å². The maximum absolute atomic E-state index is 12.4. The first-order valence-corrected chi connectivity index (χ1v) is 10.3. The Labute approximate surface area is 171 Å². The predicted molar refractivity (Wildman–Crippen MR) is 118 cm³/mol.